The molecule has 84 valence electrons. The Kier molecular flexibility index (Phi) is 2.70. The molecule has 0 saturated heterocycles. The van der Waals surface area contributed by atoms with Gasteiger partial charge in [-0.15, -0.1) is 0 Å². The van der Waals surface area contributed by atoms with Crippen LogP contribution in [0.1, 0.15) is 15.9 Å². The normalized spacial score (nSPS) is 14.7. The Morgan fingerprint density at radius 2 is 2.06 bits per heavy atom. The van der Waals surface area contributed by atoms with Crippen molar-refractivity contribution < 1.29 is 14.7 Å². The average molecular weight is 227 g/mol. The van der Waals surface area contributed by atoms with Gasteiger partial charge in [-0.1, -0.05) is 24.3 Å². The fraction of sp³-hybridized carbons (Fsp3) is 0. The molecule has 0 aromatic heterocycles. The SMILES string of the molecule is N=C1C=CC=C(c2cccc(C(=O)O)c2)C1=O. The maximum atomic E-state index is 11.7. The standard InChI is InChI=1S/C13H9NO3/c14-11-6-2-5-10(12(11)15)8-3-1-4-9(7-8)13(16)17/h1-7,14H,(H,16,17). The van der Waals surface area contributed by atoms with Crippen molar-refractivity contribution in [2.45, 2.75) is 0 Å². The number of allylic oxidation sites excluding steroid dienone is 4. The lowest BCUT2D eigenvalue weighted by Gasteiger charge is -2.09. The molecule has 0 unspecified atom stereocenters. The molecule has 2 N–H and O–H groups in total. The molecule has 0 fully saturated rings. The summed E-state index contributed by atoms with van der Waals surface area (Å²) in [6.07, 6.45) is 4.60. The molecule has 2 rings (SSSR count). The summed E-state index contributed by atoms with van der Waals surface area (Å²) in [5.41, 5.74) is 0.894. The monoisotopic (exact) mass is 227 g/mol. The van der Waals surface area contributed by atoms with Crippen LogP contribution in [0.15, 0.2) is 42.5 Å². The first-order valence-corrected chi connectivity index (χ1v) is 4.95. The smallest absolute Gasteiger partial charge is 0.335 e. The minimum atomic E-state index is -1.04. The van der Waals surface area contributed by atoms with E-state index in [0.29, 0.717) is 11.1 Å². The van der Waals surface area contributed by atoms with Crippen LogP contribution >= 0.6 is 0 Å². The largest absolute Gasteiger partial charge is 0.478 e. The van der Waals surface area contributed by atoms with Gasteiger partial charge in [-0.25, -0.2) is 4.79 Å². The number of nitrogens with one attached hydrogen (secondary N) is 1. The van der Waals surface area contributed by atoms with E-state index in [9.17, 15) is 9.59 Å². The number of carboxylic acids is 1. The van der Waals surface area contributed by atoms with Crippen molar-refractivity contribution in [1.82, 2.24) is 0 Å². The first-order valence-electron chi connectivity index (χ1n) is 4.95. The Labute approximate surface area is 97.4 Å². The fourth-order valence-electron chi connectivity index (χ4n) is 1.58. The molecule has 1 aromatic rings. The Morgan fingerprint density at radius 1 is 1.29 bits per heavy atom. The van der Waals surface area contributed by atoms with E-state index in [1.807, 2.05) is 0 Å². The molecule has 0 atom stereocenters. The number of ketones is 1. The molecular formula is C13H9NO3. The third-order valence-corrected chi connectivity index (χ3v) is 2.44. The molecule has 0 heterocycles. The van der Waals surface area contributed by atoms with Gasteiger partial charge >= 0.3 is 5.97 Å². The highest BCUT2D eigenvalue weighted by Gasteiger charge is 2.18. The van der Waals surface area contributed by atoms with E-state index >= 15 is 0 Å². The summed E-state index contributed by atoms with van der Waals surface area (Å²) in [5.74, 6) is -1.43. The lowest BCUT2D eigenvalue weighted by Crippen LogP contribution is -2.15. The molecule has 0 spiro atoms. The molecule has 0 radical (unpaired) electrons. The number of carbonyl (C=O) groups is 2. The first kappa shape index (κ1) is 11.0. The first-order chi connectivity index (χ1) is 8.09. The van der Waals surface area contributed by atoms with Gasteiger partial charge in [0.25, 0.3) is 0 Å². The Balaban J connectivity index is 2.47. The van der Waals surface area contributed by atoms with Crippen LogP contribution in [0.5, 0.6) is 0 Å². The second-order valence-corrected chi connectivity index (χ2v) is 3.57. The maximum Gasteiger partial charge on any atom is 0.335 e. The lowest BCUT2D eigenvalue weighted by molar-refractivity contribution is -0.108. The van der Waals surface area contributed by atoms with Gasteiger partial charge in [0.05, 0.1) is 5.56 Å². The number of carboxylic acid groups (broad SMARTS) is 1. The Hall–Kier alpha value is -2.49. The molecule has 17 heavy (non-hydrogen) atoms. The van der Waals surface area contributed by atoms with Gasteiger partial charge in [-0.3, -0.25) is 10.2 Å². The number of hydrogen-bond acceptors (Lipinski definition) is 3. The molecule has 0 aliphatic heterocycles. The van der Waals surface area contributed by atoms with Gasteiger partial charge in [0.15, 0.2) is 0 Å². The summed E-state index contributed by atoms with van der Waals surface area (Å²) in [7, 11) is 0. The molecular weight excluding hydrogens is 218 g/mol. The van der Waals surface area contributed by atoms with Crippen LogP contribution in [0.4, 0.5) is 0 Å². The molecule has 4 heteroatoms. The van der Waals surface area contributed by atoms with Crippen molar-refractivity contribution in [3.63, 3.8) is 0 Å². The number of carbonyl (C=O) groups excluding carboxylic acids is 1. The van der Waals surface area contributed by atoms with Gasteiger partial charge in [-0.2, -0.15) is 0 Å². The summed E-state index contributed by atoms with van der Waals surface area (Å²) in [4.78, 5) is 22.5. The van der Waals surface area contributed by atoms with E-state index in [2.05, 4.69) is 0 Å². The van der Waals surface area contributed by atoms with Crippen LogP contribution in [-0.2, 0) is 4.79 Å². The highest BCUT2D eigenvalue weighted by Crippen LogP contribution is 2.20. The summed E-state index contributed by atoms with van der Waals surface area (Å²) >= 11 is 0. The predicted molar refractivity (Wildman–Crippen MR) is 63.3 cm³/mol. The summed E-state index contributed by atoms with van der Waals surface area (Å²) < 4.78 is 0. The summed E-state index contributed by atoms with van der Waals surface area (Å²) in [6.45, 7) is 0. The van der Waals surface area contributed by atoms with Crippen molar-refractivity contribution in [2.75, 3.05) is 0 Å². The van der Waals surface area contributed by atoms with Crippen molar-refractivity contribution in [1.29, 1.82) is 5.41 Å². The highest BCUT2D eigenvalue weighted by molar-refractivity contribution is 6.58. The maximum absolute atomic E-state index is 11.7. The van der Waals surface area contributed by atoms with E-state index in [1.165, 1.54) is 18.2 Å². The van der Waals surface area contributed by atoms with Crippen molar-refractivity contribution in [2.24, 2.45) is 0 Å². The second kappa shape index (κ2) is 4.17. The van der Waals surface area contributed by atoms with Crippen molar-refractivity contribution >= 4 is 23.0 Å². The molecule has 4 nitrogen and oxygen atoms in total. The number of hydrogen-bond donors (Lipinski definition) is 2. The minimum absolute atomic E-state index is 0.0942. The van der Waals surface area contributed by atoms with Gasteiger partial charge in [-0.05, 0) is 23.8 Å². The van der Waals surface area contributed by atoms with Gasteiger partial charge in [0.1, 0.15) is 5.71 Å². The number of rotatable bonds is 2. The van der Waals surface area contributed by atoms with Crippen molar-refractivity contribution in [3.8, 4) is 0 Å². The van der Waals surface area contributed by atoms with Crippen LogP contribution in [0, 0.1) is 5.41 Å². The van der Waals surface area contributed by atoms with E-state index in [-0.39, 0.29) is 11.3 Å². The third kappa shape index (κ3) is 2.06. The zero-order valence-corrected chi connectivity index (χ0v) is 8.81. The lowest BCUT2D eigenvalue weighted by atomic mass is 9.94. The van der Waals surface area contributed by atoms with Crippen LogP contribution in [0.25, 0.3) is 5.57 Å². The topological polar surface area (TPSA) is 78.2 Å². The summed E-state index contributed by atoms with van der Waals surface area (Å²) in [5, 5.41) is 16.3. The van der Waals surface area contributed by atoms with Gasteiger partial charge in [0.2, 0.25) is 5.78 Å². The summed E-state index contributed by atoms with van der Waals surface area (Å²) in [6, 6.07) is 6.12. The third-order valence-electron chi connectivity index (χ3n) is 2.44. The fourth-order valence-corrected chi connectivity index (χ4v) is 1.58. The average Bonchev–Trinajstić information content (AvgIpc) is 2.33. The molecule has 0 amide bonds. The molecule has 1 aliphatic rings. The zero-order chi connectivity index (χ0) is 12.4. The zero-order valence-electron chi connectivity index (χ0n) is 8.81. The number of aromatic carboxylic acids is 1. The van der Waals surface area contributed by atoms with Gasteiger partial charge in [0, 0.05) is 5.57 Å². The van der Waals surface area contributed by atoms with E-state index in [1.54, 1.807) is 24.3 Å². The highest BCUT2D eigenvalue weighted by atomic mass is 16.4. The van der Waals surface area contributed by atoms with Crippen molar-refractivity contribution in [3.05, 3.63) is 53.6 Å². The molecule has 1 aromatic carbocycles. The molecule has 0 bridgehead atoms. The van der Waals surface area contributed by atoms with Crippen LogP contribution < -0.4 is 0 Å². The second-order valence-electron chi connectivity index (χ2n) is 3.57. The number of benzene rings is 1. The molecule has 1 aliphatic carbocycles. The van der Waals surface area contributed by atoms with Gasteiger partial charge < -0.3 is 5.11 Å². The van der Waals surface area contributed by atoms with Crippen LogP contribution in [0.2, 0.25) is 0 Å². The Morgan fingerprint density at radius 3 is 2.76 bits per heavy atom. The predicted octanol–water partition coefficient (Wildman–Crippen LogP) is 1.93. The van der Waals surface area contributed by atoms with E-state index in [0.717, 1.165) is 0 Å². The molecule has 0 saturated carbocycles. The quantitative estimate of drug-likeness (QED) is 0.757. The number of Topliss-reactive ketones (excluding diaryl/α,β-unsaturated/α-hetero) is 1. The van der Waals surface area contributed by atoms with Crippen LogP contribution in [0.3, 0.4) is 0 Å². The van der Waals surface area contributed by atoms with E-state index < -0.39 is 11.8 Å². The van der Waals surface area contributed by atoms with Crippen LogP contribution in [-0.4, -0.2) is 22.6 Å². The Bertz CT molecular complexity index is 582. The minimum Gasteiger partial charge on any atom is -0.478 e. The van der Waals surface area contributed by atoms with E-state index in [4.69, 9.17) is 10.5 Å².